The van der Waals surface area contributed by atoms with Crippen LogP contribution in [0, 0.1) is 0 Å². The first-order valence-electron chi connectivity index (χ1n) is 19.6. The van der Waals surface area contributed by atoms with Crippen LogP contribution in [-0.2, 0) is 27.9 Å². The Kier molecular flexibility index (Phi) is 32.4. The van der Waals surface area contributed by atoms with E-state index in [2.05, 4.69) is 38.2 Å². The standard InChI is InChI=1S/C39H76NO7P/c1-6-8-10-12-14-16-18-20-21-22-24-26-28-30-32-39(41)47-38(37-46-48(42,43)45-35-33-40(3,4)5)36-44-34-31-29-27-25-23-19-17-15-13-11-9-7-2/h13,15,18,20,38H,6-12,14,16-17,19,21-37H2,1-5H3/p+1/b15-13-,20-18-. The normalized spacial score (nSPS) is 14.2. The first-order chi connectivity index (χ1) is 23.1. The fourth-order valence-electron chi connectivity index (χ4n) is 5.11. The van der Waals surface area contributed by atoms with Gasteiger partial charge in [0.25, 0.3) is 0 Å². The molecule has 0 heterocycles. The zero-order valence-electron chi connectivity index (χ0n) is 32.0. The molecule has 0 aliphatic rings. The minimum Gasteiger partial charge on any atom is -0.457 e. The number of hydrogen-bond donors (Lipinski definition) is 1. The van der Waals surface area contributed by atoms with Gasteiger partial charge in [-0.2, -0.15) is 0 Å². The van der Waals surface area contributed by atoms with E-state index in [1.165, 1.54) is 96.3 Å². The fourth-order valence-corrected chi connectivity index (χ4v) is 5.86. The Morgan fingerprint density at radius 2 is 1.10 bits per heavy atom. The summed E-state index contributed by atoms with van der Waals surface area (Å²) in [5, 5.41) is 0. The Hall–Kier alpha value is -1.02. The molecule has 0 saturated heterocycles. The van der Waals surface area contributed by atoms with E-state index in [0.717, 1.165) is 44.9 Å². The van der Waals surface area contributed by atoms with E-state index >= 15 is 0 Å². The maximum atomic E-state index is 12.6. The van der Waals surface area contributed by atoms with Gasteiger partial charge in [-0.05, 0) is 57.8 Å². The molecule has 0 spiro atoms. The monoisotopic (exact) mass is 703 g/mol. The number of phosphoric acid groups is 1. The molecular formula is C39H77NO7P+. The Labute approximate surface area is 296 Å². The van der Waals surface area contributed by atoms with E-state index in [-0.39, 0.29) is 25.8 Å². The number of hydrogen-bond acceptors (Lipinski definition) is 6. The molecule has 2 atom stereocenters. The Morgan fingerprint density at radius 1 is 0.625 bits per heavy atom. The lowest BCUT2D eigenvalue weighted by atomic mass is 10.1. The fraction of sp³-hybridized carbons (Fsp3) is 0.872. The average Bonchev–Trinajstić information content (AvgIpc) is 3.03. The second-order valence-electron chi connectivity index (χ2n) is 14.3. The molecule has 0 bridgehead atoms. The lowest BCUT2D eigenvalue weighted by Gasteiger charge is -2.24. The molecule has 9 heteroatoms. The van der Waals surface area contributed by atoms with Crippen molar-refractivity contribution in [3.63, 3.8) is 0 Å². The third kappa shape index (κ3) is 36.3. The molecule has 0 aromatic rings. The van der Waals surface area contributed by atoms with Gasteiger partial charge in [0.15, 0.2) is 0 Å². The molecule has 0 fully saturated rings. The van der Waals surface area contributed by atoms with Crippen LogP contribution < -0.4 is 0 Å². The van der Waals surface area contributed by atoms with Crippen LogP contribution in [0.25, 0.3) is 0 Å². The maximum absolute atomic E-state index is 12.6. The summed E-state index contributed by atoms with van der Waals surface area (Å²) in [6.07, 6.45) is 34.8. The van der Waals surface area contributed by atoms with Crippen molar-refractivity contribution < 1.29 is 37.3 Å². The van der Waals surface area contributed by atoms with Crippen molar-refractivity contribution in [2.45, 2.75) is 168 Å². The van der Waals surface area contributed by atoms with Gasteiger partial charge in [0.2, 0.25) is 0 Å². The number of rotatable bonds is 36. The number of phosphoric ester groups is 1. The number of allylic oxidation sites excluding steroid dienone is 4. The number of ether oxygens (including phenoxy) is 2. The van der Waals surface area contributed by atoms with Gasteiger partial charge in [-0.15, -0.1) is 0 Å². The van der Waals surface area contributed by atoms with Crippen LogP contribution in [0.2, 0.25) is 0 Å². The van der Waals surface area contributed by atoms with Gasteiger partial charge < -0.3 is 18.9 Å². The van der Waals surface area contributed by atoms with Gasteiger partial charge in [0.05, 0.1) is 34.4 Å². The molecule has 1 N–H and O–H groups in total. The molecular weight excluding hydrogens is 625 g/mol. The Morgan fingerprint density at radius 3 is 1.65 bits per heavy atom. The van der Waals surface area contributed by atoms with Crippen molar-refractivity contribution in [1.29, 1.82) is 0 Å². The van der Waals surface area contributed by atoms with Gasteiger partial charge in [-0.1, -0.05) is 122 Å². The maximum Gasteiger partial charge on any atom is 0.472 e. The van der Waals surface area contributed by atoms with Gasteiger partial charge in [0.1, 0.15) is 19.3 Å². The zero-order valence-corrected chi connectivity index (χ0v) is 32.9. The van der Waals surface area contributed by atoms with Gasteiger partial charge in [-0.25, -0.2) is 4.57 Å². The number of unbranched alkanes of at least 4 members (excludes halogenated alkanes) is 18. The van der Waals surface area contributed by atoms with Gasteiger partial charge >= 0.3 is 13.8 Å². The molecule has 8 nitrogen and oxygen atoms in total. The lowest BCUT2D eigenvalue weighted by Crippen LogP contribution is -2.37. The summed E-state index contributed by atoms with van der Waals surface area (Å²) >= 11 is 0. The molecule has 0 aliphatic heterocycles. The summed E-state index contributed by atoms with van der Waals surface area (Å²) < 4.78 is 34.8. The van der Waals surface area contributed by atoms with Crippen molar-refractivity contribution in [3.05, 3.63) is 24.3 Å². The van der Waals surface area contributed by atoms with E-state index in [4.69, 9.17) is 18.5 Å². The van der Waals surface area contributed by atoms with Crippen molar-refractivity contribution in [2.24, 2.45) is 0 Å². The summed E-state index contributed by atoms with van der Waals surface area (Å²) in [5.74, 6) is -0.326. The minimum absolute atomic E-state index is 0.0866. The Balaban J connectivity index is 4.31. The lowest BCUT2D eigenvalue weighted by molar-refractivity contribution is -0.870. The second-order valence-corrected chi connectivity index (χ2v) is 15.8. The van der Waals surface area contributed by atoms with Crippen molar-refractivity contribution >= 4 is 13.8 Å². The summed E-state index contributed by atoms with van der Waals surface area (Å²) in [4.78, 5) is 22.8. The van der Waals surface area contributed by atoms with Crippen LogP contribution in [0.1, 0.15) is 162 Å². The van der Waals surface area contributed by atoms with Crippen molar-refractivity contribution in [3.8, 4) is 0 Å². The molecule has 0 aromatic heterocycles. The van der Waals surface area contributed by atoms with Crippen LogP contribution in [0.15, 0.2) is 24.3 Å². The summed E-state index contributed by atoms with van der Waals surface area (Å²) in [6, 6.07) is 0. The third-order valence-corrected chi connectivity index (χ3v) is 9.22. The van der Waals surface area contributed by atoms with E-state index in [0.29, 0.717) is 24.1 Å². The Bertz CT molecular complexity index is 828. The highest BCUT2D eigenvalue weighted by Crippen LogP contribution is 2.43. The zero-order chi connectivity index (χ0) is 35.6. The number of esters is 1. The average molecular weight is 703 g/mol. The number of quaternary nitrogens is 1. The highest BCUT2D eigenvalue weighted by Gasteiger charge is 2.26. The smallest absolute Gasteiger partial charge is 0.457 e. The molecule has 284 valence electrons. The van der Waals surface area contributed by atoms with E-state index in [1.54, 1.807) is 0 Å². The molecule has 48 heavy (non-hydrogen) atoms. The van der Waals surface area contributed by atoms with E-state index < -0.39 is 13.9 Å². The van der Waals surface area contributed by atoms with Crippen LogP contribution >= 0.6 is 7.82 Å². The van der Waals surface area contributed by atoms with E-state index in [9.17, 15) is 14.3 Å². The highest BCUT2D eigenvalue weighted by molar-refractivity contribution is 7.47. The second kappa shape index (κ2) is 33.1. The van der Waals surface area contributed by atoms with Gasteiger partial charge in [-0.3, -0.25) is 13.8 Å². The number of carbonyl (C=O) groups excluding carboxylic acids is 1. The number of carbonyl (C=O) groups is 1. The molecule has 0 rings (SSSR count). The molecule has 2 unspecified atom stereocenters. The number of nitrogens with zero attached hydrogens (tertiary/aromatic N) is 1. The molecule has 0 amide bonds. The number of likely N-dealkylation sites (N-methyl/N-ethyl adjacent to an activating group) is 1. The van der Waals surface area contributed by atoms with Crippen LogP contribution in [0.3, 0.4) is 0 Å². The molecule has 0 aliphatic carbocycles. The van der Waals surface area contributed by atoms with Crippen LogP contribution in [0.4, 0.5) is 0 Å². The summed E-state index contributed by atoms with van der Waals surface area (Å²) in [6.45, 7) is 5.55. The van der Waals surface area contributed by atoms with Gasteiger partial charge in [0, 0.05) is 13.0 Å². The first kappa shape index (κ1) is 47.0. The topological polar surface area (TPSA) is 91.3 Å². The van der Waals surface area contributed by atoms with Crippen LogP contribution in [-0.4, -0.2) is 75.6 Å². The largest absolute Gasteiger partial charge is 0.472 e. The first-order valence-corrected chi connectivity index (χ1v) is 21.1. The van der Waals surface area contributed by atoms with Crippen LogP contribution in [0.5, 0.6) is 0 Å². The molecule has 0 saturated carbocycles. The summed E-state index contributed by atoms with van der Waals surface area (Å²) in [7, 11) is 1.66. The van der Waals surface area contributed by atoms with Crippen molar-refractivity contribution in [1.82, 2.24) is 0 Å². The van der Waals surface area contributed by atoms with Crippen molar-refractivity contribution in [2.75, 3.05) is 54.1 Å². The van der Waals surface area contributed by atoms with E-state index in [1.807, 2.05) is 21.1 Å². The predicted molar refractivity (Wildman–Crippen MR) is 201 cm³/mol. The minimum atomic E-state index is -4.27. The quantitative estimate of drug-likeness (QED) is 0.0228. The third-order valence-electron chi connectivity index (χ3n) is 8.24. The highest BCUT2D eigenvalue weighted by atomic mass is 31.2. The summed E-state index contributed by atoms with van der Waals surface area (Å²) in [5.41, 5.74) is 0. The predicted octanol–water partition coefficient (Wildman–Crippen LogP) is 10.9. The molecule has 0 radical (unpaired) electrons. The molecule has 0 aromatic carbocycles. The SMILES string of the molecule is CCCC/C=C\CCCCCCCCOCC(COP(=O)(O)OCC[N+](C)(C)C)OC(=O)CCCCCCC/C=C\CCCCCCC.